The maximum atomic E-state index is 12.9. The van der Waals surface area contributed by atoms with Crippen LogP contribution in [0.1, 0.15) is 278 Å². The maximum absolute atomic E-state index is 12.9. The van der Waals surface area contributed by atoms with E-state index in [1.54, 1.807) is 0 Å². The van der Waals surface area contributed by atoms with Crippen LogP contribution in [0.3, 0.4) is 0 Å². The van der Waals surface area contributed by atoms with E-state index < -0.39 is 6.10 Å². The number of carbonyl (C=O) groups is 3. The highest BCUT2D eigenvalue weighted by atomic mass is 16.6. The van der Waals surface area contributed by atoms with E-state index in [-0.39, 0.29) is 31.1 Å². The summed E-state index contributed by atoms with van der Waals surface area (Å²) < 4.78 is 16.8. The first kappa shape index (κ1) is 63.8. The molecule has 0 spiro atoms. The Bertz CT molecular complexity index is 1260. The van der Waals surface area contributed by atoms with E-state index in [1.165, 1.54) is 148 Å². The van der Waals surface area contributed by atoms with Crippen molar-refractivity contribution in [2.45, 2.75) is 284 Å². The van der Waals surface area contributed by atoms with Gasteiger partial charge in [0, 0.05) is 19.3 Å². The molecular weight excluding hydrogens is 829 g/mol. The molecule has 0 aliphatic rings. The van der Waals surface area contributed by atoms with Gasteiger partial charge in [0.25, 0.3) is 0 Å². The zero-order valence-corrected chi connectivity index (χ0v) is 44.2. The predicted octanol–water partition coefficient (Wildman–Crippen LogP) is 19.0. The Morgan fingerprint density at radius 1 is 0.313 bits per heavy atom. The van der Waals surface area contributed by atoms with E-state index in [4.69, 9.17) is 14.2 Å². The first-order valence-electron chi connectivity index (χ1n) is 28.4. The molecule has 0 amide bonds. The van der Waals surface area contributed by atoms with Crippen LogP contribution in [0, 0.1) is 0 Å². The van der Waals surface area contributed by atoms with Gasteiger partial charge in [-0.15, -0.1) is 0 Å². The number of ether oxygens (including phenoxy) is 3. The normalized spacial score (nSPS) is 12.6. The monoisotopic (exact) mass is 935 g/mol. The van der Waals surface area contributed by atoms with E-state index >= 15 is 0 Å². The molecule has 0 saturated heterocycles. The van der Waals surface area contributed by atoms with Gasteiger partial charge in [-0.3, -0.25) is 14.4 Å². The minimum absolute atomic E-state index is 0.0930. The second-order valence-corrected chi connectivity index (χ2v) is 18.8. The summed E-state index contributed by atoms with van der Waals surface area (Å²) in [5, 5.41) is 0. The molecule has 0 rings (SSSR count). The Hall–Kier alpha value is -3.15. The van der Waals surface area contributed by atoms with Crippen molar-refractivity contribution in [2.24, 2.45) is 0 Å². The van der Waals surface area contributed by atoms with Gasteiger partial charge in [-0.2, -0.15) is 0 Å². The lowest BCUT2D eigenvalue weighted by molar-refractivity contribution is -0.167. The van der Waals surface area contributed by atoms with Crippen LogP contribution < -0.4 is 0 Å². The standard InChI is InChI=1S/C61H106O6/c1-4-7-10-13-16-19-22-25-28-29-30-31-34-37-40-43-46-49-52-55-61(64)67-58(56-65-59(62)53-50-47-44-41-38-35-32-26-23-20-17-14-11-8-5-2)57-66-60(63)54-51-48-45-42-39-36-33-27-24-21-18-15-12-9-6-3/h8,11,17,20,25-28,32-33,38,41,58H,4-7,9-10,12-16,18-19,21-24,29-31,34-37,39-40,42-57H2,1-3H3/b11-8-,20-17-,28-25-,32-26-,33-27-,41-38-/t58-/m1/s1. The van der Waals surface area contributed by atoms with Crippen LogP contribution in [0.25, 0.3) is 0 Å². The van der Waals surface area contributed by atoms with Gasteiger partial charge in [-0.05, 0) is 109 Å². The van der Waals surface area contributed by atoms with Gasteiger partial charge in [-0.1, -0.05) is 222 Å². The molecule has 6 heteroatoms. The molecule has 0 aliphatic heterocycles. The first-order chi connectivity index (χ1) is 33.0. The SMILES string of the molecule is CC/C=C\C/C=C\C/C=C\C/C=C\CCCCC(=O)OC[C@H](COC(=O)CCCCCCC/C=C\CCCCCCCC)OC(=O)CCCCCCCCCCC/C=C\CCCCCCCC. The Labute approximate surface area is 414 Å². The molecule has 1 atom stereocenters. The fourth-order valence-electron chi connectivity index (χ4n) is 7.89. The van der Waals surface area contributed by atoms with Crippen LogP contribution in [0.15, 0.2) is 72.9 Å². The molecule has 386 valence electrons. The molecule has 0 fully saturated rings. The van der Waals surface area contributed by atoms with Crippen molar-refractivity contribution in [3.63, 3.8) is 0 Å². The molecule has 0 bridgehead atoms. The second kappa shape index (κ2) is 55.4. The van der Waals surface area contributed by atoms with Crippen LogP contribution in [-0.4, -0.2) is 37.2 Å². The van der Waals surface area contributed by atoms with Crippen molar-refractivity contribution in [3.8, 4) is 0 Å². The fourth-order valence-corrected chi connectivity index (χ4v) is 7.89. The third-order valence-electron chi connectivity index (χ3n) is 12.2. The van der Waals surface area contributed by atoms with Crippen molar-refractivity contribution in [1.29, 1.82) is 0 Å². The smallest absolute Gasteiger partial charge is 0.306 e. The van der Waals surface area contributed by atoms with Crippen LogP contribution in [0.4, 0.5) is 0 Å². The summed E-state index contributed by atoms with van der Waals surface area (Å²) in [6, 6.07) is 0. The molecule has 0 unspecified atom stereocenters. The van der Waals surface area contributed by atoms with Crippen molar-refractivity contribution in [3.05, 3.63) is 72.9 Å². The van der Waals surface area contributed by atoms with Gasteiger partial charge in [0.15, 0.2) is 6.10 Å². The second-order valence-electron chi connectivity index (χ2n) is 18.8. The fraction of sp³-hybridized carbons (Fsp3) is 0.754. The summed E-state index contributed by atoms with van der Waals surface area (Å²) in [5.74, 6) is -0.939. The van der Waals surface area contributed by atoms with Crippen molar-refractivity contribution in [2.75, 3.05) is 13.2 Å². The highest BCUT2D eigenvalue weighted by Gasteiger charge is 2.19. The van der Waals surface area contributed by atoms with Gasteiger partial charge < -0.3 is 14.2 Å². The quantitative estimate of drug-likeness (QED) is 0.0262. The molecule has 0 aliphatic carbocycles. The van der Waals surface area contributed by atoms with Gasteiger partial charge >= 0.3 is 17.9 Å². The minimum atomic E-state index is -0.797. The Morgan fingerprint density at radius 2 is 0.582 bits per heavy atom. The summed E-state index contributed by atoms with van der Waals surface area (Å²) in [6.45, 7) is 6.49. The van der Waals surface area contributed by atoms with Gasteiger partial charge in [0.05, 0.1) is 0 Å². The Balaban J connectivity index is 4.43. The van der Waals surface area contributed by atoms with E-state index in [1.807, 2.05) is 0 Å². The van der Waals surface area contributed by atoms with Gasteiger partial charge in [0.1, 0.15) is 13.2 Å². The molecule has 0 aromatic heterocycles. The number of carbonyl (C=O) groups excluding carboxylic acids is 3. The van der Waals surface area contributed by atoms with Crippen LogP contribution in [0.2, 0.25) is 0 Å². The van der Waals surface area contributed by atoms with E-state index in [9.17, 15) is 14.4 Å². The summed E-state index contributed by atoms with van der Waals surface area (Å²) in [6.07, 6.45) is 70.4. The average Bonchev–Trinajstić information content (AvgIpc) is 3.33. The molecule has 0 aromatic rings. The van der Waals surface area contributed by atoms with Crippen molar-refractivity contribution >= 4 is 17.9 Å². The van der Waals surface area contributed by atoms with E-state index in [0.717, 1.165) is 89.9 Å². The predicted molar refractivity (Wildman–Crippen MR) is 288 cm³/mol. The third kappa shape index (κ3) is 53.7. The molecule has 0 saturated carbocycles. The van der Waals surface area contributed by atoms with Crippen molar-refractivity contribution in [1.82, 2.24) is 0 Å². The van der Waals surface area contributed by atoms with Gasteiger partial charge in [0.2, 0.25) is 0 Å². The Morgan fingerprint density at radius 3 is 0.955 bits per heavy atom. The molecule has 0 radical (unpaired) electrons. The molecule has 0 N–H and O–H groups in total. The number of allylic oxidation sites excluding steroid dienone is 12. The molecule has 67 heavy (non-hydrogen) atoms. The first-order valence-corrected chi connectivity index (χ1v) is 28.4. The molecule has 6 nitrogen and oxygen atoms in total. The number of hydrogen-bond acceptors (Lipinski definition) is 6. The third-order valence-corrected chi connectivity index (χ3v) is 12.2. The zero-order valence-electron chi connectivity index (χ0n) is 44.2. The average molecular weight is 936 g/mol. The van der Waals surface area contributed by atoms with E-state index in [0.29, 0.717) is 19.3 Å². The Kier molecular flexibility index (Phi) is 52.8. The molecular formula is C61H106O6. The molecule has 0 heterocycles. The molecule has 0 aromatic carbocycles. The van der Waals surface area contributed by atoms with Crippen LogP contribution in [-0.2, 0) is 28.6 Å². The number of esters is 3. The highest BCUT2D eigenvalue weighted by Crippen LogP contribution is 2.15. The largest absolute Gasteiger partial charge is 0.462 e. The number of unbranched alkanes of at least 4 members (excludes halogenated alkanes) is 28. The lowest BCUT2D eigenvalue weighted by Crippen LogP contribution is -2.30. The van der Waals surface area contributed by atoms with E-state index in [2.05, 4.69) is 93.7 Å². The summed E-state index contributed by atoms with van der Waals surface area (Å²) in [4.78, 5) is 38.1. The highest BCUT2D eigenvalue weighted by molar-refractivity contribution is 5.71. The van der Waals surface area contributed by atoms with Crippen LogP contribution in [0.5, 0.6) is 0 Å². The summed E-state index contributed by atoms with van der Waals surface area (Å²) >= 11 is 0. The lowest BCUT2D eigenvalue weighted by Gasteiger charge is -2.18. The van der Waals surface area contributed by atoms with Gasteiger partial charge in [-0.25, -0.2) is 0 Å². The zero-order chi connectivity index (χ0) is 48.6. The number of hydrogen-bond donors (Lipinski definition) is 0. The number of rotatable bonds is 51. The minimum Gasteiger partial charge on any atom is -0.462 e. The summed E-state index contributed by atoms with van der Waals surface area (Å²) in [5.41, 5.74) is 0. The summed E-state index contributed by atoms with van der Waals surface area (Å²) in [7, 11) is 0. The maximum Gasteiger partial charge on any atom is 0.306 e. The van der Waals surface area contributed by atoms with Crippen LogP contribution >= 0.6 is 0 Å². The van der Waals surface area contributed by atoms with Crippen molar-refractivity contribution < 1.29 is 28.6 Å². The lowest BCUT2D eigenvalue weighted by atomic mass is 10.1. The topological polar surface area (TPSA) is 78.9 Å².